The van der Waals surface area contributed by atoms with E-state index in [1.165, 1.54) is 108 Å². The highest BCUT2D eigenvalue weighted by Crippen LogP contribution is 2.13. The van der Waals surface area contributed by atoms with Crippen molar-refractivity contribution >= 4 is 12.4 Å². The summed E-state index contributed by atoms with van der Waals surface area (Å²) in [7, 11) is 0. The molecule has 1 nitrogen and oxygen atoms in total. The maximum absolute atomic E-state index is 3.55. The minimum Gasteiger partial charge on any atom is -0.313 e. The summed E-state index contributed by atoms with van der Waals surface area (Å²) in [5.74, 6) is 0. The number of halogens is 1. The SMILES string of the molecule is CCCCCCCCCCCCCCCCCCNCc1ccccc1.Cl. The molecule has 0 amide bonds. The zero-order chi connectivity index (χ0) is 18.5. The Morgan fingerprint density at radius 2 is 0.963 bits per heavy atom. The van der Waals surface area contributed by atoms with E-state index < -0.39 is 0 Å². The van der Waals surface area contributed by atoms with Crippen LogP contribution in [-0.2, 0) is 6.54 Å². The topological polar surface area (TPSA) is 12.0 Å². The fourth-order valence-electron chi connectivity index (χ4n) is 3.63. The average Bonchev–Trinajstić information content (AvgIpc) is 2.68. The monoisotopic (exact) mass is 395 g/mol. The molecular weight excluding hydrogens is 350 g/mol. The molecule has 0 aliphatic rings. The molecule has 0 saturated carbocycles. The van der Waals surface area contributed by atoms with Crippen molar-refractivity contribution < 1.29 is 0 Å². The van der Waals surface area contributed by atoms with Crippen LogP contribution in [0.2, 0.25) is 0 Å². The second-order valence-electron chi connectivity index (χ2n) is 7.97. The summed E-state index contributed by atoms with van der Waals surface area (Å²) in [5, 5.41) is 3.55. The lowest BCUT2D eigenvalue weighted by atomic mass is 10.0. The summed E-state index contributed by atoms with van der Waals surface area (Å²) in [5.41, 5.74) is 1.39. The Morgan fingerprint density at radius 1 is 0.556 bits per heavy atom. The highest BCUT2D eigenvalue weighted by atomic mass is 35.5. The second-order valence-corrected chi connectivity index (χ2v) is 7.97. The van der Waals surface area contributed by atoms with E-state index in [4.69, 9.17) is 0 Å². The first-order valence-electron chi connectivity index (χ1n) is 11.7. The third-order valence-corrected chi connectivity index (χ3v) is 5.38. The molecule has 0 bridgehead atoms. The van der Waals surface area contributed by atoms with Crippen molar-refractivity contribution in [1.82, 2.24) is 5.32 Å². The zero-order valence-corrected chi connectivity index (χ0v) is 18.8. The van der Waals surface area contributed by atoms with Gasteiger partial charge in [0.05, 0.1) is 0 Å². The molecule has 0 unspecified atom stereocenters. The van der Waals surface area contributed by atoms with Gasteiger partial charge in [0.2, 0.25) is 0 Å². The normalized spacial score (nSPS) is 10.7. The molecule has 0 radical (unpaired) electrons. The fourth-order valence-corrected chi connectivity index (χ4v) is 3.63. The first-order chi connectivity index (χ1) is 12.9. The molecule has 1 rings (SSSR count). The van der Waals surface area contributed by atoms with Gasteiger partial charge in [0, 0.05) is 6.54 Å². The standard InChI is InChI=1S/C25H45N.ClH/c1-2-3-4-5-6-7-8-9-10-11-12-13-14-15-16-20-23-26-24-25-21-18-17-19-22-25;/h17-19,21-22,26H,2-16,20,23-24H2,1H3;1H. The molecule has 1 N–H and O–H groups in total. The van der Waals surface area contributed by atoms with Crippen LogP contribution in [0.4, 0.5) is 0 Å². The molecule has 0 aliphatic carbocycles. The van der Waals surface area contributed by atoms with E-state index >= 15 is 0 Å². The Bertz CT molecular complexity index is 379. The maximum atomic E-state index is 3.55. The first kappa shape index (κ1) is 26.5. The van der Waals surface area contributed by atoms with Gasteiger partial charge < -0.3 is 5.32 Å². The summed E-state index contributed by atoms with van der Waals surface area (Å²) in [6.45, 7) is 4.47. The molecule has 1 aromatic rings. The van der Waals surface area contributed by atoms with Gasteiger partial charge >= 0.3 is 0 Å². The van der Waals surface area contributed by atoms with E-state index in [1.54, 1.807) is 0 Å². The lowest BCUT2D eigenvalue weighted by Crippen LogP contribution is -2.14. The van der Waals surface area contributed by atoms with Gasteiger partial charge in [-0.05, 0) is 18.5 Å². The van der Waals surface area contributed by atoms with E-state index in [2.05, 4.69) is 42.6 Å². The molecule has 1 aromatic carbocycles. The van der Waals surface area contributed by atoms with E-state index in [0.717, 1.165) is 13.1 Å². The van der Waals surface area contributed by atoms with Crippen LogP contribution in [-0.4, -0.2) is 6.54 Å². The predicted octanol–water partition coefficient (Wildman–Crippen LogP) is 8.46. The number of unbranched alkanes of at least 4 members (excludes halogenated alkanes) is 15. The Kier molecular flexibility index (Phi) is 21.3. The number of rotatable bonds is 19. The van der Waals surface area contributed by atoms with Crippen LogP contribution < -0.4 is 5.32 Å². The average molecular weight is 396 g/mol. The maximum Gasteiger partial charge on any atom is 0.0205 e. The molecule has 0 fully saturated rings. The Morgan fingerprint density at radius 3 is 1.41 bits per heavy atom. The lowest BCUT2D eigenvalue weighted by Gasteiger charge is -2.05. The van der Waals surface area contributed by atoms with Gasteiger partial charge in [-0.2, -0.15) is 0 Å². The summed E-state index contributed by atoms with van der Waals surface area (Å²) in [6, 6.07) is 10.7. The third-order valence-electron chi connectivity index (χ3n) is 5.38. The number of hydrogen-bond donors (Lipinski definition) is 1. The van der Waals surface area contributed by atoms with Gasteiger partial charge in [0.1, 0.15) is 0 Å². The Hall–Kier alpha value is -0.530. The molecule has 0 aromatic heterocycles. The number of hydrogen-bond acceptors (Lipinski definition) is 1. The molecule has 0 aliphatic heterocycles. The zero-order valence-electron chi connectivity index (χ0n) is 18.0. The lowest BCUT2D eigenvalue weighted by molar-refractivity contribution is 0.525. The van der Waals surface area contributed by atoms with E-state index in [-0.39, 0.29) is 12.4 Å². The molecule has 0 saturated heterocycles. The summed E-state index contributed by atoms with van der Waals surface area (Å²) < 4.78 is 0. The number of nitrogens with one attached hydrogen (secondary N) is 1. The van der Waals surface area contributed by atoms with Crippen molar-refractivity contribution in [2.24, 2.45) is 0 Å². The van der Waals surface area contributed by atoms with Crippen molar-refractivity contribution in [1.29, 1.82) is 0 Å². The van der Waals surface area contributed by atoms with Crippen LogP contribution in [0, 0.1) is 0 Å². The smallest absolute Gasteiger partial charge is 0.0205 e. The van der Waals surface area contributed by atoms with Crippen LogP contribution in [0.25, 0.3) is 0 Å². The van der Waals surface area contributed by atoms with E-state index in [0.29, 0.717) is 0 Å². The first-order valence-corrected chi connectivity index (χ1v) is 11.7. The molecule has 0 spiro atoms. The van der Waals surface area contributed by atoms with Crippen LogP contribution in [0.15, 0.2) is 30.3 Å². The Labute approximate surface area is 176 Å². The fraction of sp³-hybridized carbons (Fsp3) is 0.760. The van der Waals surface area contributed by atoms with Gasteiger partial charge in [-0.3, -0.25) is 0 Å². The van der Waals surface area contributed by atoms with Gasteiger partial charge in [-0.1, -0.05) is 134 Å². The van der Waals surface area contributed by atoms with Crippen LogP contribution in [0.5, 0.6) is 0 Å². The van der Waals surface area contributed by atoms with Crippen molar-refractivity contribution in [3.8, 4) is 0 Å². The van der Waals surface area contributed by atoms with Gasteiger partial charge in [-0.25, -0.2) is 0 Å². The van der Waals surface area contributed by atoms with Crippen LogP contribution in [0.3, 0.4) is 0 Å². The van der Waals surface area contributed by atoms with Crippen molar-refractivity contribution in [2.75, 3.05) is 6.54 Å². The molecule has 0 heterocycles. The summed E-state index contributed by atoms with van der Waals surface area (Å²) in [6.07, 6.45) is 23.0. The largest absolute Gasteiger partial charge is 0.313 e. The van der Waals surface area contributed by atoms with Crippen LogP contribution in [0.1, 0.15) is 115 Å². The molecule has 27 heavy (non-hydrogen) atoms. The summed E-state index contributed by atoms with van der Waals surface area (Å²) in [4.78, 5) is 0. The molecule has 2 heteroatoms. The third kappa shape index (κ3) is 18.6. The highest BCUT2D eigenvalue weighted by Gasteiger charge is 1.95. The van der Waals surface area contributed by atoms with Crippen molar-refractivity contribution in [2.45, 2.75) is 116 Å². The number of benzene rings is 1. The predicted molar refractivity (Wildman–Crippen MR) is 125 cm³/mol. The molecule has 158 valence electrons. The quantitative estimate of drug-likeness (QED) is 0.231. The second kappa shape index (κ2) is 21.8. The van der Waals surface area contributed by atoms with Gasteiger partial charge in [-0.15, -0.1) is 12.4 Å². The van der Waals surface area contributed by atoms with Gasteiger partial charge in [0.25, 0.3) is 0 Å². The minimum absolute atomic E-state index is 0. The Balaban J connectivity index is 0.00000676. The van der Waals surface area contributed by atoms with Crippen molar-refractivity contribution in [3.05, 3.63) is 35.9 Å². The van der Waals surface area contributed by atoms with E-state index in [9.17, 15) is 0 Å². The summed E-state index contributed by atoms with van der Waals surface area (Å²) >= 11 is 0. The molecule has 0 atom stereocenters. The van der Waals surface area contributed by atoms with Crippen molar-refractivity contribution in [3.63, 3.8) is 0 Å². The van der Waals surface area contributed by atoms with E-state index in [1.807, 2.05) is 0 Å². The van der Waals surface area contributed by atoms with Crippen LogP contribution >= 0.6 is 12.4 Å². The van der Waals surface area contributed by atoms with Gasteiger partial charge in [0.15, 0.2) is 0 Å². The molecular formula is C25H46ClN. The highest BCUT2D eigenvalue weighted by molar-refractivity contribution is 5.85. The minimum atomic E-state index is 0.